The van der Waals surface area contributed by atoms with E-state index in [0.717, 1.165) is 11.8 Å². The molecule has 146 valence electrons. The molecular weight excluding hydrogens is 392 g/mol. The molecule has 0 saturated heterocycles. The normalized spacial score (nSPS) is 15.9. The fraction of sp³-hybridized carbons (Fsp3) is 0.200. The maximum Gasteiger partial charge on any atom is 0.277 e. The number of ether oxygens (including phenoxy) is 2. The lowest BCUT2D eigenvalue weighted by atomic mass is 10.2. The standard InChI is InChI=1S/C20H16N4O4S/c1-12(18(25)22-14-8-6-13(10-21)7-9-14)29-20-24-23-19(28-20)17-11-26-15-4-2-3-5-16(15)27-17/h2-9,12,17H,11H2,1H3,(H,22,25)/t12-,17-/m1/s1. The quantitative estimate of drug-likeness (QED) is 0.638. The van der Waals surface area contributed by atoms with Gasteiger partial charge < -0.3 is 19.2 Å². The first-order valence-electron chi connectivity index (χ1n) is 8.82. The predicted octanol–water partition coefficient (Wildman–Crippen LogP) is 3.57. The number of amides is 1. The van der Waals surface area contributed by atoms with E-state index in [0.29, 0.717) is 28.6 Å². The molecule has 0 bridgehead atoms. The highest BCUT2D eigenvalue weighted by molar-refractivity contribution is 8.00. The predicted molar refractivity (Wildman–Crippen MR) is 105 cm³/mol. The molecule has 4 rings (SSSR count). The van der Waals surface area contributed by atoms with Gasteiger partial charge in [0.25, 0.3) is 11.1 Å². The van der Waals surface area contributed by atoms with E-state index in [1.165, 1.54) is 0 Å². The van der Waals surface area contributed by atoms with E-state index in [2.05, 4.69) is 15.5 Å². The molecule has 1 aliphatic heterocycles. The molecule has 8 nitrogen and oxygen atoms in total. The zero-order valence-electron chi connectivity index (χ0n) is 15.4. The zero-order chi connectivity index (χ0) is 20.2. The number of fused-ring (bicyclic) bond motifs is 1. The number of rotatable bonds is 5. The minimum atomic E-state index is -0.505. The van der Waals surface area contributed by atoms with Crippen molar-refractivity contribution in [1.82, 2.24) is 10.2 Å². The summed E-state index contributed by atoms with van der Waals surface area (Å²) in [6.07, 6.45) is -0.505. The molecule has 1 aromatic heterocycles. The highest BCUT2D eigenvalue weighted by atomic mass is 32.2. The van der Waals surface area contributed by atoms with Gasteiger partial charge in [0.1, 0.15) is 6.61 Å². The Morgan fingerprint density at radius 3 is 2.72 bits per heavy atom. The molecule has 1 N–H and O–H groups in total. The number of hydrogen-bond acceptors (Lipinski definition) is 8. The van der Waals surface area contributed by atoms with Crippen molar-refractivity contribution in [2.24, 2.45) is 0 Å². The first-order chi connectivity index (χ1) is 14.1. The number of nitrogens with zero attached hydrogens (tertiary/aromatic N) is 3. The van der Waals surface area contributed by atoms with Gasteiger partial charge in [-0.15, -0.1) is 10.2 Å². The summed E-state index contributed by atoms with van der Waals surface area (Å²) in [5.74, 6) is 1.37. The minimum Gasteiger partial charge on any atom is -0.485 e. The number of nitrogens with one attached hydrogen (secondary N) is 1. The summed E-state index contributed by atoms with van der Waals surface area (Å²) in [7, 11) is 0. The van der Waals surface area contributed by atoms with Gasteiger partial charge in [0.2, 0.25) is 12.0 Å². The number of nitriles is 1. The molecule has 1 amide bonds. The third kappa shape index (κ3) is 4.33. The summed E-state index contributed by atoms with van der Waals surface area (Å²) in [6.45, 7) is 2.00. The molecule has 29 heavy (non-hydrogen) atoms. The molecule has 2 heterocycles. The van der Waals surface area contributed by atoms with Crippen LogP contribution in [-0.4, -0.2) is 28.0 Å². The van der Waals surface area contributed by atoms with Crippen LogP contribution in [0.15, 0.2) is 58.2 Å². The van der Waals surface area contributed by atoms with Crippen molar-refractivity contribution in [3.05, 3.63) is 60.0 Å². The van der Waals surface area contributed by atoms with Crippen LogP contribution in [0.1, 0.15) is 24.5 Å². The highest BCUT2D eigenvalue weighted by Crippen LogP contribution is 2.36. The fourth-order valence-corrected chi connectivity index (χ4v) is 3.31. The molecule has 2 atom stereocenters. The zero-order valence-corrected chi connectivity index (χ0v) is 16.2. The van der Waals surface area contributed by atoms with Crippen molar-refractivity contribution >= 4 is 23.4 Å². The van der Waals surface area contributed by atoms with Crippen LogP contribution in [0.25, 0.3) is 0 Å². The Bertz CT molecular complexity index is 1060. The van der Waals surface area contributed by atoms with E-state index < -0.39 is 11.4 Å². The molecule has 9 heteroatoms. The lowest BCUT2D eigenvalue weighted by molar-refractivity contribution is -0.115. The van der Waals surface area contributed by atoms with Gasteiger partial charge in [-0.1, -0.05) is 23.9 Å². The summed E-state index contributed by atoms with van der Waals surface area (Å²) < 4.78 is 17.2. The van der Waals surface area contributed by atoms with Crippen LogP contribution in [0.4, 0.5) is 5.69 Å². The largest absolute Gasteiger partial charge is 0.485 e. The number of anilines is 1. The number of hydrogen-bond donors (Lipinski definition) is 1. The van der Waals surface area contributed by atoms with Crippen molar-refractivity contribution in [1.29, 1.82) is 5.26 Å². The average Bonchev–Trinajstić information content (AvgIpc) is 3.22. The van der Waals surface area contributed by atoms with Crippen molar-refractivity contribution in [2.75, 3.05) is 11.9 Å². The monoisotopic (exact) mass is 408 g/mol. The Morgan fingerprint density at radius 1 is 1.21 bits per heavy atom. The minimum absolute atomic E-state index is 0.217. The Hall–Kier alpha value is -3.51. The van der Waals surface area contributed by atoms with Crippen molar-refractivity contribution in [3.63, 3.8) is 0 Å². The van der Waals surface area contributed by atoms with Gasteiger partial charge in [0, 0.05) is 5.69 Å². The van der Waals surface area contributed by atoms with E-state index in [9.17, 15) is 4.79 Å². The van der Waals surface area contributed by atoms with Gasteiger partial charge in [0.05, 0.1) is 16.9 Å². The van der Waals surface area contributed by atoms with Gasteiger partial charge in [-0.2, -0.15) is 5.26 Å². The molecule has 0 spiro atoms. The molecule has 0 aliphatic carbocycles. The van der Waals surface area contributed by atoms with E-state index in [-0.39, 0.29) is 17.7 Å². The maximum absolute atomic E-state index is 12.4. The van der Waals surface area contributed by atoms with Crippen molar-refractivity contribution in [3.8, 4) is 17.6 Å². The Labute approximate surface area is 170 Å². The van der Waals surface area contributed by atoms with Crippen LogP contribution in [0.3, 0.4) is 0 Å². The number of carbonyl (C=O) groups is 1. The molecule has 0 radical (unpaired) electrons. The first-order valence-corrected chi connectivity index (χ1v) is 9.70. The first kappa shape index (κ1) is 18.8. The lowest BCUT2D eigenvalue weighted by Crippen LogP contribution is -2.22. The van der Waals surface area contributed by atoms with E-state index in [4.69, 9.17) is 19.2 Å². The Morgan fingerprint density at radius 2 is 1.97 bits per heavy atom. The lowest BCUT2D eigenvalue weighted by Gasteiger charge is -2.23. The molecule has 0 fully saturated rings. The van der Waals surface area contributed by atoms with Crippen LogP contribution in [0.5, 0.6) is 11.5 Å². The van der Waals surface area contributed by atoms with Gasteiger partial charge in [-0.05, 0) is 43.3 Å². The van der Waals surface area contributed by atoms with Gasteiger partial charge >= 0.3 is 0 Å². The maximum atomic E-state index is 12.4. The summed E-state index contributed by atoms with van der Waals surface area (Å²) in [6, 6.07) is 16.0. The smallest absolute Gasteiger partial charge is 0.277 e. The van der Waals surface area contributed by atoms with E-state index >= 15 is 0 Å². The molecule has 0 unspecified atom stereocenters. The SMILES string of the molecule is C[C@@H](Sc1nnc([C@H]2COc3ccccc3O2)o1)C(=O)Nc1ccc(C#N)cc1. The summed E-state index contributed by atoms with van der Waals surface area (Å²) >= 11 is 1.15. The number of carbonyl (C=O) groups excluding carboxylic acids is 1. The van der Waals surface area contributed by atoms with Crippen molar-refractivity contribution in [2.45, 2.75) is 23.5 Å². The molecular formula is C20H16N4O4S. The van der Waals surface area contributed by atoms with Crippen LogP contribution in [0, 0.1) is 11.3 Å². The second-order valence-electron chi connectivity index (χ2n) is 6.21. The van der Waals surface area contributed by atoms with Crippen LogP contribution < -0.4 is 14.8 Å². The van der Waals surface area contributed by atoms with Gasteiger partial charge in [-0.3, -0.25) is 4.79 Å². The molecule has 3 aromatic rings. The average molecular weight is 408 g/mol. The number of para-hydroxylation sites is 2. The topological polar surface area (TPSA) is 110 Å². The number of aromatic nitrogens is 2. The third-order valence-corrected chi connectivity index (χ3v) is 5.07. The van der Waals surface area contributed by atoms with Crippen LogP contribution >= 0.6 is 11.8 Å². The van der Waals surface area contributed by atoms with Gasteiger partial charge in [0.15, 0.2) is 11.5 Å². The van der Waals surface area contributed by atoms with Crippen molar-refractivity contribution < 1.29 is 18.7 Å². The Balaban J connectivity index is 1.36. The fourth-order valence-electron chi connectivity index (χ4n) is 2.62. The molecule has 1 aliphatic rings. The molecule has 2 aromatic carbocycles. The Kier molecular flexibility index (Phi) is 5.35. The second-order valence-corrected chi connectivity index (χ2v) is 7.50. The second kappa shape index (κ2) is 8.24. The summed E-state index contributed by atoms with van der Waals surface area (Å²) in [5, 5.41) is 19.4. The third-order valence-electron chi connectivity index (χ3n) is 4.13. The number of benzene rings is 2. The van der Waals surface area contributed by atoms with Crippen LogP contribution in [0.2, 0.25) is 0 Å². The van der Waals surface area contributed by atoms with Crippen LogP contribution in [-0.2, 0) is 4.79 Å². The van der Waals surface area contributed by atoms with E-state index in [1.807, 2.05) is 30.3 Å². The van der Waals surface area contributed by atoms with Gasteiger partial charge in [-0.25, -0.2) is 0 Å². The van der Waals surface area contributed by atoms with E-state index in [1.54, 1.807) is 31.2 Å². The number of thioether (sulfide) groups is 1. The highest BCUT2D eigenvalue weighted by Gasteiger charge is 2.28. The summed E-state index contributed by atoms with van der Waals surface area (Å²) in [4.78, 5) is 12.4. The molecule has 0 saturated carbocycles. The summed E-state index contributed by atoms with van der Waals surface area (Å²) in [5.41, 5.74) is 1.14.